The normalized spacial score (nSPS) is 15.7. The van der Waals surface area contributed by atoms with Gasteiger partial charge in [0.1, 0.15) is 13.2 Å². The Kier molecular flexibility index (Phi) is 6.46. The van der Waals surface area contributed by atoms with Gasteiger partial charge in [-0.3, -0.25) is 9.52 Å². The third-order valence-corrected chi connectivity index (χ3v) is 6.70. The molecular formula is C23H26N2O5S. The number of allylic oxidation sites excluding steroid dienone is 1. The number of nitrogens with one attached hydrogen (secondary N) is 2. The first kappa shape index (κ1) is 21.2. The van der Waals surface area contributed by atoms with Crippen molar-refractivity contribution in [1.82, 2.24) is 5.32 Å². The maximum atomic E-state index is 12.8. The quantitative estimate of drug-likeness (QED) is 0.635. The number of benzene rings is 2. The van der Waals surface area contributed by atoms with Crippen LogP contribution in [0.15, 0.2) is 59.0 Å². The molecule has 1 heterocycles. The van der Waals surface area contributed by atoms with Crippen molar-refractivity contribution in [2.75, 3.05) is 24.5 Å². The molecule has 7 nitrogen and oxygen atoms in total. The maximum absolute atomic E-state index is 12.8. The molecule has 2 aromatic carbocycles. The molecule has 1 aliphatic heterocycles. The van der Waals surface area contributed by atoms with E-state index in [2.05, 4.69) is 16.1 Å². The van der Waals surface area contributed by atoms with Crippen LogP contribution in [0.5, 0.6) is 11.5 Å². The molecule has 31 heavy (non-hydrogen) atoms. The highest BCUT2D eigenvalue weighted by atomic mass is 32.2. The molecule has 2 N–H and O–H groups in total. The predicted octanol–water partition coefficient (Wildman–Crippen LogP) is 3.88. The van der Waals surface area contributed by atoms with E-state index in [-0.39, 0.29) is 10.8 Å². The summed E-state index contributed by atoms with van der Waals surface area (Å²) in [4.78, 5) is 12.6. The maximum Gasteiger partial charge on any atom is 0.262 e. The van der Waals surface area contributed by atoms with Crippen LogP contribution < -0.4 is 19.5 Å². The van der Waals surface area contributed by atoms with Crippen LogP contribution in [-0.4, -0.2) is 34.1 Å². The van der Waals surface area contributed by atoms with Crippen LogP contribution in [-0.2, 0) is 10.0 Å². The predicted molar refractivity (Wildman–Crippen MR) is 118 cm³/mol. The summed E-state index contributed by atoms with van der Waals surface area (Å²) in [5.41, 5.74) is 2.12. The Bertz CT molecular complexity index is 1090. The summed E-state index contributed by atoms with van der Waals surface area (Å²) >= 11 is 0. The second-order valence-corrected chi connectivity index (χ2v) is 9.29. The van der Waals surface area contributed by atoms with Crippen LogP contribution in [0.1, 0.15) is 42.5 Å². The van der Waals surface area contributed by atoms with Crippen molar-refractivity contribution < 1.29 is 22.7 Å². The molecule has 4 rings (SSSR count). The lowest BCUT2D eigenvalue weighted by Gasteiger charge is -2.19. The van der Waals surface area contributed by atoms with E-state index < -0.39 is 10.0 Å². The number of hydrogen-bond acceptors (Lipinski definition) is 5. The van der Waals surface area contributed by atoms with Gasteiger partial charge in [-0.15, -0.1) is 0 Å². The minimum Gasteiger partial charge on any atom is -0.486 e. The lowest BCUT2D eigenvalue weighted by molar-refractivity contribution is 0.0954. The molecule has 8 heteroatoms. The van der Waals surface area contributed by atoms with Crippen molar-refractivity contribution in [3.05, 3.63) is 59.7 Å². The van der Waals surface area contributed by atoms with E-state index in [1.54, 1.807) is 24.3 Å². The lowest BCUT2D eigenvalue weighted by Crippen LogP contribution is -2.25. The summed E-state index contributed by atoms with van der Waals surface area (Å²) in [5.74, 6) is 0.694. The van der Waals surface area contributed by atoms with Gasteiger partial charge in [0, 0.05) is 23.9 Å². The monoisotopic (exact) mass is 442 g/mol. The Hall–Kier alpha value is -3.00. The number of hydrogen-bond donors (Lipinski definition) is 2. The van der Waals surface area contributed by atoms with Gasteiger partial charge in [-0.2, -0.15) is 0 Å². The molecule has 0 spiro atoms. The largest absolute Gasteiger partial charge is 0.486 e. The van der Waals surface area contributed by atoms with Crippen LogP contribution in [0, 0.1) is 0 Å². The van der Waals surface area contributed by atoms with Crippen LogP contribution in [0.2, 0.25) is 0 Å². The number of rotatable bonds is 7. The standard InChI is InChI=1S/C23H26N2O5S/c26-23(24-12-11-17-5-2-1-3-6-17)18-7-4-8-19(15-18)25-31(27,28)20-9-10-21-22(16-20)30-14-13-29-21/h4-5,7-10,15-16,25H,1-3,6,11-14H2,(H,24,26). The molecule has 0 unspecified atom stereocenters. The first-order chi connectivity index (χ1) is 15.0. The second kappa shape index (κ2) is 9.43. The summed E-state index contributed by atoms with van der Waals surface area (Å²) < 4.78 is 39.0. The van der Waals surface area contributed by atoms with Crippen LogP contribution >= 0.6 is 0 Å². The Morgan fingerprint density at radius 3 is 2.65 bits per heavy atom. The van der Waals surface area contributed by atoms with Gasteiger partial charge in [0.05, 0.1) is 4.90 Å². The Labute approximate surface area is 182 Å². The fourth-order valence-electron chi connectivity index (χ4n) is 3.70. The van der Waals surface area contributed by atoms with Gasteiger partial charge in [0.15, 0.2) is 11.5 Å². The molecule has 0 saturated heterocycles. The SMILES string of the molecule is O=C(NCCC1=CCCCC1)c1cccc(NS(=O)(=O)c2ccc3c(c2)OCCO3)c1. The van der Waals surface area contributed by atoms with E-state index in [4.69, 9.17) is 9.47 Å². The van der Waals surface area contributed by atoms with Gasteiger partial charge in [-0.25, -0.2) is 8.42 Å². The summed E-state index contributed by atoms with van der Waals surface area (Å²) in [6.45, 7) is 1.37. The summed E-state index contributed by atoms with van der Waals surface area (Å²) in [6, 6.07) is 10.9. The zero-order chi connectivity index (χ0) is 21.7. The van der Waals surface area contributed by atoms with Crippen LogP contribution in [0.25, 0.3) is 0 Å². The van der Waals surface area contributed by atoms with Gasteiger partial charge in [0.25, 0.3) is 15.9 Å². The molecule has 0 atom stereocenters. The number of carbonyl (C=O) groups is 1. The highest BCUT2D eigenvalue weighted by Gasteiger charge is 2.20. The lowest BCUT2D eigenvalue weighted by atomic mass is 9.97. The van der Waals surface area contributed by atoms with E-state index >= 15 is 0 Å². The molecule has 1 aliphatic carbocycles. The topological polar surface area (TPSA) is 93.7 Å². The first-order valence-electron chi connectivity index (χ1n) is 10.5. The minimum atomic E-state index is -3.85. The smallest absolute Gasteiger partial charge is 0.262 e. The van der Waals surface area contributed by atoms with Crippen molar-refractivity contribution >= 4 is 21.6 Å². The van der Waals surface area contributed by atoms with Crippen molar-refractivity contribution in [2.45, 2.75) is 37.0 Å². The Balaban J connectivity index is 1.40. The Morgan fingerprint density at radius 1 is 1.00 bits per heavy atom. The zero-order valence-electron chi connectivity index (χ0n) is 17.2. The minimum absolute atomic E-state index is 0.0624. The van der Waals surface area contributed by atoms with Gasteiger partial charge in [-0.05, 0) is 62.4 Å². The molecule has 0 aromatic heterocycles. The third kappa shape index (κ3) is 5.38. The zero-order valence-corrected chi connectivity index (χ0v) is 18.0. The third-order valence-electron chi connectivity index (χ3n) is 5.32. The molecular weight excluding hydrogens is 416 g/mol. The fraction of sp³-hybridized carbons (Fsp3) is 0.348. The highest BCUT2D eigenvalue weighted by molar-refractivity contribution is 7.92. The number of sulfonamides is 1. The molecule has 0 saturated carbocycles. The van der Waals surface area contributed by atoms with Crippen molar-refractivity contribution in [3.8, 4) is 11.5 Å². The molecule has 2 aromatic rings. The van der Waals surface area contributed by atoms with Crippen molar-refractivity contribution in [3.63, 3.8) is 0 Å². The van der Waals surface area contributed by atoms with Gasteiger partial charge < -0.3 is 14.8 Å². The number of carbonyl (C=O) groups excluding carboxylic acids is 1. The number of ether oxygens (including phenoxy) is 2. The van der Waals surface area contributed by atoms with E-state index in [0.29, 0.717) is 42.5 Å². The molecule has 164 valence electrons. The molecule has 0 fully saturated rings. The second-order valence-electron chi connectivity index (χ2n) is 7.61. The fourth-order valence-corrected chi connectivity index (χ4v) is 4.76. The average molecular weight is 443 g/mol. The highest BCUT2D eigenvalue weighted by Crippen LogP contribution is 2.32. The van der Waals surface area contributed by atoms with Crippen molar-refractivity contribution in [2.24, 2.45) is 0 Å². The number of amides is 1. The summed E-state index contributed by atoms with van der Waals surface area (Å²) in [6.07, 6.45) is 7.79. The van der Waals surface area contributed by atoms with E-state index in [1.165, 1.54) is 36.6 Å². The van der Waals surface area contributed by atoms with E-state index in [9.17, 15) is 13.2 Å². The molecule has 2 aliphatic rings. The molecule has 1 amide bonds. The van der Waals surface area contributed by atoms with Crippen LogP contribution in [0.3, 0.4) is 0 Å². The summed E-state index contributed by atoms with van der Waals surface area (Å²) in [7, 11) is -3.85. The first-order valence-corrected chi connectivity index (χ1v) is 12.0. The Morgan fingerprint density at radius 2 is 1.84 bits per heavy atom. The van der Waals surface area contributed by atoms with E-state index in [1.807, 2.05) is 0 Å². The van der Waals surface area contributed by atoms with Crippen molar-refractivity contribution in [1.29, 1.82) is 0 Å². The van der Waals surface area contributed by atoms with E-state index in [0.717, 1.165) is 19.3 Å². The molecule has 0 radical (unpaired) electrons. The van der Waals surface area contributed by atoms with Gasteiger partial charge in [-0.1, -0.05) is 17.7 Å². The molecule has 0 bridgehead atoms. The van der Waals surface area contributed by atoms with Gasteiger partial charge in [0.2, 0.25) is 0 Å². The van der Waals surface area contributed by atoms with Gasteiger partial charge >= 0.3 is 0 Å². The van der Waals surface area contributed by atoms with Crippen LogP contribution in [0.4, 0.5) is 5.69 Å². The summed E-state index contributed by atoms with van der Waals surface area (Å²) in [5, 5.41) is 2.91. The number of anilines is 1. The number of fused-ring (bicyclic) bond motifs is 1. The average Bonchev–Trinajstić information content (AvgIpc) is 2.79.